The fourth-order valence-electron chi connectivity index (χ4n) is 2.73. The Hall–Kier alpha value is -1.34. The minimum Gasteiger partial charge on any atom is -0.444 e. The van der Waals surface area contributed by atoms with Crippen LogP contribution < -0.4 is 11.1 Å². The lowest BCUT2D eigenvalue weighted by Gasteiger charge is -2.38. The largest absolute Gasteiger partial charge is 0.444 e. The molecule has 3 N–H and O–H groups in total. The van der Waals surface area contributed by atoms with Gasteiger partial charge < -0.3 is 25.4 Å². The highest BCUT2D eigenvalue weighted by molar-refractivity contribution is 5.74. The van der Waals surface area contributed by atoms with Crippen LogP contribution >= 0.6 is 0 Å². The SMILES string of the molecule is CC(CC(N)=O)NC(C)CC1COCCN1C(=O)OC(C)(C)C. The first-order valence-corrected chi connectivity index (χ1v) is 8.20. The minimum atomic E-state index is -0.514. The summed E-state index contributed by atoms with van der Waals surface area (Å²) in [5, 5.41) is 3.33. The summed E-state index contributed by atoms with van der Waals surface area (Å²) in [4.78, 5) is 25.0. The van der Waals surface area contributed by atoms with E-state index in [-0.39, 0.29) is 30.1 Å². The van der Waals surface area contributed by atoms with Crippen LogP contribution in [0.4, 0.5) is 4.79 Å². The van der Waals surface area contributed by atoms with Gasteiger partial charge in [0.25, 0.3) is 0 Å². The standard InChI is InChI=1S/C16H31N3O4/c1-11(18-12(2)9-14(17)20)8-13-10-22-7-6-19(13)15(21)23-16(3,4)5/h11-13,18H,6-10H2,1-5H3,(H2,17,20). The average Bonchev–Trinajstić information content (AvgIpc) is 2.35. The topological polar surface area (TPSA) is 93.9 Å². The summed E-state index contributed by atoms with van der Waals surface area (Å²) in [6.07, 6.45) is 0.715. The summed E-state index contributed by atoms with van der Waals surface area (Å²) < 4.78 is 11.0. The monoisotopic (exact) mass is 329 g/mol. The number of hydrogen-bond donors (Lipinski definition) is 2. The highest BCUT2D eigenvalue weighted by Gasteiger charge is 2.32. The van der Waals surface area contributed by atoms with Crippen LogP contribution in [0.25, 0.3) is 0 Å². The molecule has 0 radical (unpaired) electrons. The molecule has 134 valence electrons. The summed E-state index contributed by atoms with van der Waals surface area (Å²) in [5.74, 6) is -0.325. The number of rotatable bonds is 6. The van der Waals surface area contributed by atoms with Gasteiger partial charge in [0.15, 0.2) is 0 Å². The Morgan fingerprint density at radius 2 is 2.00 bits per heavy atom. The first kappa shape index (κ1) is 19.7. The molecule has 0 aromatic carbocycles. The predicted molar refractivity (Wildman–Crippen MR) is 88.0 cm³/mol. The quantitative estimate of drug-likeness (QED) is 0.765. The maximum atomic E-state index is 12.3. The van der Waals surface area contributed by atoms with Gasteiger partial charge in [0.2, 0.25) is 5.91 Å². The summed E-state index contributed by atoms with van der Waals surface area (Å²) in [5.41, 5.74) is 4.69. The van der Waals surface area contributed by atoms with Crippen molar-refractivity contribution >= 4 is 12.0 Å². The van der Waals surface area contributed by atoms with E-state index in [1.54, 1.807) is 4.90 Å². The third-order valence-electron chi connectivity index (χ3n) is 3.56. The predicted octanol–water partition coefficient (Wildman–Crippen LogP) is 1.25. The molecule has 3 atom stereocenters. The normalized spacial score (nSPS) is 21.6. The molecule has 1 heterocycles. The Bertz CT molecular complexity index is 409. The summed E-state index contributed by atoms with van der Waals surface area (Å²) >= 11 is 0. The lowest BCUT2D eigenvalue weighted by molar-refractivity contribution is -0.118. The van der Waals surface area contributed by atoms with Crippen molar-refractivity contribution in [3.8, 4) is 0 Å². The number of ether oxygens (including phenoxy) is 2. The first-order valence-electron chi connectivity index (χ1n) is 8.20. The molecule has 0 spiro atoms. The number of carbonyl (C=O) groups excluding carboxylic acids is 2. The number of nitrogens with two attached hydrogens (primary N) is 1. The molecule has 7 heteroatoms. The van der Waals surface area contributed by atoms with Gasteiger partial charge in [-0.25, -0.2) is 4.79 Å². The van der Waals surface area contributed by atoms with Crippen molar-refractivity contribution in [1.29, 1.82) is 0 Å². The van der Waals surface area contributed by atoms with Crippen LogP contribution in [0, 0.1) is 0 Å². The Labute approximate surface area is 138 Å². The van der Waals surface area contributed by atoms with E-state index in [1.807, 2.05) is 34.6 Å². The highest BCUT2D eigenvalue weighted by Crippen LogP contribution is 2.17. The number of carbonyl (C=O) groups is 2. The van der Waals surface area contributed by atoms with E-state index in [9.17, 15) is 9.59 Å². The minimum absolute atomic E-state index is 0.00184. The molecule has 0 aromatic rings. The van der Waals surface area contributed by atoms with Crippen molar-refractivity contribution in [2.24, 2.45) is 5.73 Å². The smallest absolute Gasteiger partial charge is 0.410 e. The number of nitrogens with zero attached hydrogens (tertiary/aromatic N) is 1. The fraction of sp³-hybridized carbons (Fsp3) is 0.875. The molecule has 0 saturated carbocycles. The molecule has 1 aliphatic rings. The second kappa shape index (κ2) is 8.49. The lowest BCUT2D eigenvalue weighted by Crippen LogP contribution is -2.52. The maximum Gasteiger partial charge on any atom is 0.410 e. The van der Waals surface area contributed by atoms with Crippen molar-refractivity contribution in [2.45, 2.75) is 71.2 Å². The molecule has 1 rings (SSSR count). The Morgan fingerprint density at radius 3 is 2.57 bits per heavy atom. The summed E-state index contributed by atoms with van der Waals surface area (Å²) in [6.45, 7) is 11.1. The van der Waals surface area contributed by atoms with Crippen LogP contribution in [-0.4, -0.2) is 60.4 Å². The van der Waals surface area contributed by atoms with Gasteiger partial charge in [-0.1, -0.05) is 0 Å². The van der Waals surface area contributed by atoms with Crippen LogP contribution in [0.5, 0.6) is 0 Å². The molecule has 1 aliphatic heterocycles. The van der Waals surface area contributed by atoms with Crippen molar-refractivity contribution in [1.82, 2.24) is 10.2 Å². The molecule has 23 heavy (non-hydrogen) atoms. The number of primary amides is 1. The number of hydrogen-bond acceptors (Lipinski definition) is 5. The van der Waals surface area contributed by atoms with Crippen LogP contribution in [-0.2, 0) is 14.3 Å². The van der Waals surface area contributed by atoms with E-state index in [0.717, 1.165) is 6.42 Å². The van der Waals surface area contributed by atoms with E-state index >= 15 is 0 Å². The van der Waals surface area contributed by atoms with Gasteiger partial charge in [0.1, 0.15) is 5.60 Å². The van der Waals surface area contributed by atoms with Crippen LogP contribution in [0.3, 0.4) is 0 Å². The van der Waals surface area contributed by atoms with Crippen LogP contribution in [0.1, 0.15) is 47.5 Å². The van der Waals surface area contributed by atoms with Crippen molar-refractivity contribution in [3.63, 3.8) is 0 Å². The molecule has 1 saturated heterocycles. The van der Waals surface area contributed by atoms with Crippen molar-refractivity contribution in [3.05, 3.63) is 0 Å². The van der Waals surface area contributed by atoms with E-state index in [1.165, 1.54) is 0 Å². The molecule has 1 fully saturated rings. The number of nitrogens with one attached hydrogen (secondary N) is 1. The first-order chi connectivity index (χ1) is 10.6. The molecule has 7 nitrogen and oxygen atoms in total. The van der Waals surface area contributed by atoms with Crippen LogP contribution in [0.2, 0.25) is 0 Å². The van der Waals surface area contributed by atoms with Gasteiger partial charge >= 0.3 is 6.09 Å². The number of amides is 2. The number of morpholine rings is 1. The zero-order valence-electron chi connectivity index (χ0n) is 14.9. The van der Waals surface area contributed by atoms with E-state index in [2.05, 4.69) is 5.32 Å². The molecular weight excluding hydrogens is 298 g/mol. The van der Waals surface area contributed by atoms with E-state index in [0.29, 0.717) is 26.2 Å². The maximum absolute atomic E-state index is 12.3. The Balaban J connectivity index is 2.57. The zero-order valence-corrected chi connectivity index (χ0v) is 14.9. The average molecular weight is 329 g/mol. The second-order valence-electron chi connectivity index (χ2n) is 7.28. The van der Waals surface area contributed by atoms with Crippen LogP contribution in [0.15, 0.2) is 0 Å². The highest BCUT2D eigenvalue weighted by atomic mass is 16.6. The van der Waals surface area contributed by atoms with Crippen molar-refractivity contribution in [2.75, 3.05) is 19.8 Å². The van der Waals surface area contributed by atoms with E-state index in [4.69, 9.17) is 15.2 Å². The zero-order chi connectivity index (χ0) is 17.6. The fourth-order valence-corrected chi connectivity index (χ4v) is 2.73. The second-order valence-corrected chi connectivity index (χ2v) is 7.28. The van der Waals surface area contributed by atoms with Crippen molar-refractivity contribution < 1.29 is 19.1 Å². The summed E-state index contributed by atoms with van der Waals surface area (Å²) in [7, 11) is 0. The molecule has 2 amide bonds. The van der Waals surface area contributed by atoms with Gasteiger partial charge in [-0.15, -0.1) is 0 Å². The van der Waals surface area contributed by atoms with Gasteiger partial charge in [0.05, 0.1) is 19.3 Å². The third kappa shape index (κ3) is 7.65. The molecule has 0 bridgehead atoms. The molecule has 3 unspecified atom stereocenters. The summed E-state index contributed by atoms with van der Waals surface area (Å²) in [6, 6.07) is 0.0878. The lowest BCUT2D eigenvalue weighted by atomic mass is 10.1. The molecule has 0 aliphatic carbocycles. The third-order valence-corrected chi connectivity index (χ3v) is 3.56. The van der Waals surface area contributed by atoms with Gasteiger partial charge in [0, 0.05) is 25.0 Å². The van der Waals surface area contributed by atoms with Gasteiger partial charge in [-0.2, -0.15) is 0 Å². The Morgan fingerprint density at radius 1 is 1.35 bits per heavy atom. The molecule has 0 aromatic heterocycles. The van der Waals surface area contributed by atoms with Gasteiger partial charge in [-0.05, 0) is 41.0 Å². The van der Waals surface area contributed by atoms with Gasteiger partial charge in [-0.3, -0.25) is 4.79 Å². The Kier molecular flexibility index (Phi) is 7.28. The van der Waals surface area contributed by atoms with E-state index < -0.39 is 5.60 Å². The molecular formula is C16H31N3O4.